The number of benzene rings is 2. The number of nitriles is 1. The van der Waals surface area contributed by atoms with Gasteiger partial charge in [-0.2, -0.15) is 10.5 Å². The van der Waals surface area contributed by atoms with Gasteiger partial charge in [0, 0.05) is 16.7 Å². The molecule has 0 aliphatic heterocycles. The molecular formula is C18H14BrN7O3. The van der Waals surface area contributed by atoms with Crippen LogP contribution < -0.4 is 10.1 Å². The lowest BCUT2D eigenvalue weighted by atomic mass is 10.0. The Hall–Kier alpha value is -3.78. The Bertz CT molecular complexity index is 1090. The lowest BCUT2D eigenvalue weighted by molar-refractivity contribution is -0.384. The molecule has 29 heavy (non-hydrogen) atoms. The summed E-state index contributed by atoms with van der Waals surface area (Å²) < 4.78 is 5.62. The number of hydrogen-bond donors (Lipinski definition) is 2. The van der Waals surface area contributed by atoms with E-state index < -0.39 is 4.92 Å². The number of anilines is 1. The number of H-pyrrole nitrogens is 1. The Labute approximate surface area is 173 Å². The molecular weight excluding hydrogens is 442 g/mol. The zero-order chi connectivity index (χ0) is 20.8. The van der Waals surface area contributed by atoms with Gasteiger partial charge < -0.3 is 10.1 Å². The van der Waals surface area contributed by atoms with E-state index >= 15 is 0 Å². The van der Waals surface area contributed by atoms with Gasteiger partial charge >= 0.3 is 0 Å². The molecule has 2 aromatic carbocycles. The van der Waals surface area contributed by atoms with Crippen molar-refractivity contribution in [1.82, 2.24) is 20.6 Å². The number of nitrogens with one attached hydrogen (secondary N) is 2. The number of tetrazole rings is 1. The van der Waals surface area contributed by atoms with E-state index in [4.69, 9.17) is 4.74 Å². The van der Waals surface area contributed by atoms with Crippen molar-refractivity contribution in [2.24, 2.45) is 0 Å². The van der Waals surface area contributed by atoms with Gasteiger partial charge in [-0.1, -0.05) is 12.1 Å². The van der Waals surface area contributed by atoms with Crippen molar-refractivity contribution in [1.29, 1.82) is 5.26 Å². The molecule has 0 saturated carbocycles. The van der Waals surface area contributed by atoms with Crippen LogP contribution in [0.15, 0.2) is 47.1 Å². The molecule has 0 radical (unpaired) electrons. The van der Waals surface area contributed by atoms with E-state index in [1.165, 1.54) is 12.3 Å². The lowest BCUT2D eigenvalue weighted by Gasteiger charge is -2.10. The average Bonchev–Trinajstić information content (AvgIpc) is 3.24. The van der Waals surface area contributed by atoms with Crippen LogP contribution in [0.3, 0.4) is 0 Å². The Morgan fingerprint density at radius 1 is 1.38 bits per heavy atom. The van der Waals surface area contributed by atoms with Gasteiger partial charge in [0.25, 0.3) is 5.69 Å². The smallest absolute Gasteiger partial charge is 0.294 e. The lowest BCUT2D eigenvalue weighted by Crippen LogP contribution is -2.01. The second kappa shape index (κ2) is 8.94. The molecule has 11 heteroatoms. The number of aromatic nitrogens is 4. The third kappa shape index (κ3) is 4.74. The number of nitrogens with zero attached hydrogens (tertiary/aromatic N) is 5. The molecule has 0 spiro atoms. The first kappa shape index (κ1) is 20.0. The first-order valence-corrected chi connectivity index (χ1v) is 9.01. The van der Waals surface area contributed by atoms with Crippen LogP contribution in [0, 0.1) is 21.4 Å². The zero-order valence-corrected chi connectivity index (χ0v) is 16.7. The van der Waals surface area contributed by atoms with Gasteiger partial charge in [-0.3, -0.25) is 10.1 Å². The number of halogens is 1. The third-order valence-electron chi connectivity index (χ3n) is 3.96. The molecule has 3 aromatic rings. The van der Waals surface area contributed by atoms with Crippen molar-refractivity contribution < 1.29 is 9.66 Å². The molecule has 1 aromatic heterocycles. The topological polar surface area (TPSA) is 143 Å². The number of nitro benzene ring substituents is 1. The van der Waals surface area contributed by atoms with E-state index in [0.717, 1.165) is 16.9 Å². The summed E-state index contributed by atoms with van der Waals surface area (Å²) in [6.45, 7) is 0. The Kier molecular flexibility index (Phi) is 6.16. The fraction of sp³-hybridized carbons (Fsp3) is 0.111. The second-order valence-corrected chi connectivity index (χ2v) is 6.66. The van der Waals surface area contributed by atoms with E-state index in [1.807, 2.05) is 30.3 Å². The zero-order valence-electron chi connectivity index (χ0n) is 15.1. The Morgan fingerprint density at radius 3 is 2.72 bits per heavy atom. The quantitative estimate of drug-likeness (QED) is 0.313. The fourth-order valence-electron chi connectivity index (χ4n) is 2.58. The summed E-state index contributed by atoms with van der Waals surface area (Å²) in [6.07, 6.45) is 1.80. The summed E-state index contributed by atoms with van der Waals surface area (Å²) in [5.74, 6) is 0.817. The van der Waals surface area contributed by atoms with Crippen molar-refractivity contribution in [3.63, 3.8) is 0 Å². The molecule has 2 N–H and O–H groups in total. The van der Waals surface area contributed by atoms with Crippen molar-refractivity contribution in [2.45, 2.75) is 6.42 Å². The van der Waals surface area contributed by atoms with Crippen LogP contribution in [0.25, 0.3) is 5.57 Å². The highest BCUT2D eigenvalue weighted by Gasteiger charge is 2.19. The molecule has 3 rings (SSSR count). The number of aromatic amines is 1. The second-order valence-electron chi connectivity index (χ2n) is 5.80. The summed E-state index contributed by atoms with van der Waals surface area (Å²) in [6, 6.07) is 12.7. The monoisotopic (exact) mass is 455 g/mol. The van der Waals surface area contributed by atoms with Gasteiger partial charge in [-0.25, -0.2) is 0 Å². The van der Waals surface area contributed by atoms with Crippen LogP contribution in [0.5, 0.6) is 5.75 Å². The molecule has 1 heterocycles. The van der Waals surface area contributed by atoms with Crippen molar-refractivity contribution in [3.8, 4) is 11.8 Å². The summed E-state index contributed by atoms with van der Waals surface area (Å²) in [4.78, 5) is 11.1. The van der Waals surface area contributed by atoms with Gasteiger partial charge in [0.1, 0.15) is 23.1 Å². The molecule has 0 bridgehead atoms. The fourth-order valence-corrected chi connectivity index (χ4v) is 3.19. The van der Waals surface area contributed by atoms with Crippen LogP contribution >= 0.6 is 15.9 Å². The van der Waals surface area contributed by atoms with Crippen LogP contribution in [0.4, 0.5) is 11.4 Å². The molecule has 0 aliphatic carbocycles. The van der Waals surface area contributed by atoms with E-state index in [9.17, 15) is 15.4 Å². The van der Waals surface area contributed by atoms with Crippen molar-refractivity contribution >= 4 is 32.9 Å². The minimum absolute atomic E-state index is 0.0715. The number of nitro groups is 1. The molecule has 0 amide bonds. The van der Waals surface area contributed by atoms with E-state index in [-0.39, 0.29) is 22.8 Å². The Morgan fingerprint density at radius 2 is 2.14 bits per heavy atom. The van der Waals surface area contributed by atoms with Gasteiger partial charge in [-0.15, -0.1) is 10.2 Å². The molecule has 0 saturated heterocycles. The summed E-state index contributed by atoms with van der Waals surface area (Å²) >= 11 is 3.37. The van der Waals surface area contributed by atoms with E-state index in [1.54, 1.807) is 13.2 Å². The van der Waals surface area contributed by atoms with Crippen molar-refractivity contribution in [3.05, 3.63) is 74.1 Å². The summed E-state index contributed by atoms with van der Waals surface area (Å²) in [5, 5.41) is 36.7. The summed E-state index contributed by atoms with van der Waals surface area (Å²) in [5.41, 5.74) is 1.88. The maximum Gasteiger partial charge on any atom is 0.294 e. The normalized spacial score (nSPS) is 11.0. The van der Waals surface area contributed by atoms with Gasteiger partial charge in [-0.05, 0) is 56.9 Å². The standard InChI is InChI=1S/C18H14BrN7O3/c1-29-14-4-2-11(3-5-14)6-12-7-15(19)17(16(8-12)26(27)28)21-10-13(9-20)18-22-24-25-23-18/h2-5,7-8,10,21H,6H2,1H3,(H,22,23,24,25). The molecule has 0 aliphatic rings. The molecule has 10 nitrogen and oxygen atoms in total. The number of ether oxygens (including phenoxy) is 1. The highest BCUT2D eigenvalue weighted by Crippen LogP contribution is 2.35. The minimum atomic E-state index is -0.487. The third-order valence-corrected chi connectivity index (χ3v) is 4.59. The summed E-state index contributed by atoms with van der Waals surface area (Å²) in [7, 11) is 1.59. The van der Waals surface area contributed by atoms with Gasteiger partial charge in [0.15, 0.2) is 0 Å². The number of allylic oxidation sites excluding steroid dienone is 1. The molecule has 0 atom stereocenters. The van der Waals surface area contributed by atoms with E-state index in [0.29, 0.717) is 10.9 Å². The van der Waals surface area contributed by atoms with Gasteiger partial charge in [0.05, 0.1) is 12.0 Å². The number of methoxy groups -OCH3 is 1. The van der Waals surface area contributed by atoms with Crippen LogP contribution in [-0.2, 0) is 6.42 Å². The van der Waals surface area contributed by atoms with E-state index in [2.05, 4.69) is 41.9 Å². The van der Waals surface area contributed by atoms with Gasteiger partial charge in [0.2, 0.25) is 5.82 Å². The van der Waals surface area contributed by atoms with Crippen molar-refractivity contribution in [2.75, 3.05) is 12.4 Å². The maximum absolute atomic E-state index is 11.6. The number of rotatable bonds is 7. The number of hydrogen-bond acceptors (Lipinski definition) is 8. The molecule has 0 fully saturated rings. The Balaban J connectivity index is 1.90. The van der Waals surface area contributed by atoms with Crippen LogP contribution in [0.2, 0.25) is 0 Å². The molecule has 0 unspecified atom stereocenters. The van der Waals surface area contributed by atoms with Crippen LogP contribution in [0.1, 0.15) is 17.0 Å². The SMILES string of the molecule is COc1ccc(Cc2cc(Br)c(NC=C(C#N)c3nn[nH]n3)c([N+](=O)[O-])c2)cc1. The predicted molar refractivity (Wildman–Crippen MR) is 108 cm³/mol. The largest absolute Gasteiger partial charge is 0.497 e. The first-order chi connectivity index (χ1) is 14.0. The highest BCUT2D eigenvalue weighted by atomic mass is 79.9. The first-order valence-electron chi connectivity index (χ1n) is 8.22. The van der Waals surface area contributed by atoms with Crippen LogP contribution in [-0.4, -0.2) is 32.7 Å². The minimum Gasteiger partial charge on any atom is -0.497 e. The molecule has 146 valence electrons. The average molecular weight is 456 g/mol. The maximum atomic E-state index is 11.6. The highest BCUT2D eigenvalue weighted by molar-refractivity contribution is 9.10. The predicted octanol–water partition coefficient (Wildman–Crippen LogP) is 3.45.